The highest BCUT2D eigenvalue weighted by atomic mass is 16.5. The summed E-state index contributed by atoms with van der Waals surface area (Å²) >= 11 is 0. The molecule has 0 unspecified atom stereocenters. The molecule has 0 atom stereocenters. The van der Waals surface area contributed by atoms with Gasteiger partial charge in [-0.05, 0) is 26.7 Å². The zero-order chi connectivity index (χ0) is 7.82. The minimum absolute atomic E-state index is 0.879. The van der Waals surface area contributed by atoms with Gasteiger partial charge in [-0.1, -0.05) is 18.6 Å². The molecular weight excluding hydrogens is 124 g/mol. The maximum Gasteiger partial charge on any atom is 0.0503 e. The lowest BCUT2D eigenvalue weighted by molar-refractivity contribution is 0.138. The predicted molar refractivity (Wildman–Crippen MR) is 45.2 cm³/mol. The van der Waals surface area contributed by atoms with Gasteiger partial charge < -0.3 is 4.74 Å². The largest absolute Gasteiger partial charge is 0.381 e. The molecule has 0 saturated heterocycles. The van der Waals surface area contributed by atoms with E-state index in [1.807, 2.05) is 0 Å². The van der Waals surface area contributed by atoms with Crippen molar-refractivity contribution in [1.29, 1.82) is 0 Å². The Labute approximate surface area is 64.1 Å². The lowest BCUT2D eigenvalue weighted by Crippen LogP contribution is -1.95. The first-order chi connectivity index (χ1) is 4.81. The quantitative estimate of drug-likeness (QED) is 0.423. The van der Waals surface area contributed by atoms with Crippen LogP contribution < -0.4 is 0 Å². The maximum atomic E-state index is 5.31. The summed E-state index contributed by atoms with van der Waals surface area (Å²) in [6, 6.07) is 0. The first-order valence-corrected chi connectivity index (χ1v) is 4.00. The van der Waals surface area contributed by atoms with Crippen molar-refractivity contribution in [2.45, 2.75) is 33.6 Å². The van der Waals surface area contributed by atoms with Crippen LogP contribution in [0.2, 0.25) is 0 Å². The second-order valence-electron chi connectivity index (χ2n) is 2.50. The first kappa shape index (κ1) is 9.70. The normalized spacial score (nSPS) is 12.1. The zero-order valence-corrected chi connectivity index (χ0v) is 7.31. The zero-order valence-electron chi connectivity index (χ0n) is 7.31. The summed E-state index contributed by atoms with van der Waals surface area (Å²) in [5, 5.41) is 0. The van der Waals surface area contributed by atoms with Gasteiger partial charge in [0.15, 0.2) is 0 Å². The number of rotatable bonds is 5. The van der Waals surface area contributed by atoms with Gasteiger partial charge in [0.2, 0.25) is 0 Å². The standard InChI is InChI=1S/C9H18O/c1-4-7-10-8-6-9(3)5-2/h5H,4,6-8H2,1-3H3. The molecule has 0 saturated carbocycles. The highest BCUT2D eigenvalue weighted by Gasteiger charge is 1.87. The van der Waals surface area contributed by atoms with Crippen LogP contribution in [0.1, 0.15) is 33.6 Å². The van der Waals surface area contributed by atoms with Crippen LogP contribution in [-0.2, 0) is 4.74 Å². The fourth-order valence-corrected chi connectivity index (χ4v) is 0.624. The molecule has 1 nitrogen and oxygen atoms in total. The summed E-state index contributed by atoms with van der Waals surface area (Å²) in [4.78, 5) is 0. The molecular formula is C9H18O. The molecule has 60 valence electrons. The van der Waals surface area contributed by atoms with Crippen LogP contribution in [0.25, 0.3) is 0 Å². The number of hydrogen-bond donors (Lipinski definition) is 0. The van der Waals surface area contributed by atoms with Gasteiger partial charge in [0.25, 0.3) is 0 Å². The summed E-state index contributed by atoms with van der Waals surface area (Å²) in [6.07, 6.45) is 4.33. The van der Waals surface area contributed by atoms with Crippen molar-refractivity contribution in [3.8, 4) is 0 Å². The van der Waals surface area contributed by atoms with Crippen LogP contribution in [0.5, 0.6) is 0 Å². The van der Waals surface area contributed by atoms with E-state index >= 15 is 0 Å². The molecule has 0 bridgehead atoms. The molecule has 0 fully saturated rings. The lowest BCUT2D eigenvalue weighted by atomic mass is 10.2. The average molecular weight is 142 g/mol. The van der Waals surface area contributed by atoms with Crippen molar-refractivity contribution in [1.82, 2.24) is 0 Å². The molecule has 0 radical (unpaired) electrons. The van der Waals surface area contributed by atoms with Crippen LogP contribution >= 0.6 is 0 Å². The Morgan fingerprint density at radius 1 is 1.40 bits per heavy atom. The summed E-state index contributed by atoms with van der Waals surface area (Å²) in [6.45, 7) is 8.11. The summed E-state index contributed by atoms with van der Waals surface area (Å²) < 4.78 is 5.31. The molecule has 0 amide bonds. The SMILES string of the molecule is CC=C(C)CCOCCC. The van der Waals surface area contributed by atoms with E-state index in [0.29, 0.717) is 0 Å². The first-order valence-electron chi connectivity index (χ1n) is 4.00. The second kappa shape index (κ2) is 6.81. The van der Waals surface area contributed by atoms with Gasteiger partial charge >= 0.3 is 0 Å². The molecule has 0 aliphatic rings. The monoisotopic (exact) mass is 142 g/mol. The summed E-state index contributed by atoms with van der Waals surface area (Å²) in [5.41, 5.74) is 1.41. The van der Waals surface area contributed by atoms with Crippen LogP contribution in [-0.4, -0.2) is 13.2 Å². The third kappa shape index (κ3) is 5.83. The van der Waals surface area contributed by atoms with Crippen molar-refractivity contribution in [2.24, 2.45) is 0 Å². The van der Waals surface area contributed by atoms with E-state index in [1.165, 1.54) is 5.57 Å². The van der Waals surface area contributed by atoms with Gasteiger partial charge in [-0.15, -0.1) is 0 Å². The molecule has 0 spiro atoms. The van der Waals surface area contributed by atoms with Gasteiger partial charge in [0.05, 0.1) is 6.61 Å². The molecule has 0 aromatic rings. The molecule has 0 N–H and O–H groups in total. The van der Waals surface area contributed by atoms with E-state index in [2.05, 4.69) is 26.8 Å². The minimum atomic E-state index is 0.879. The fourth-order valence-electron chi connectivity index (χ4n) is 0.624. The van der Waals surface area contributed by atoms with Crippen LogP contribution in [0.3, 0.4) is 0 Å². The predicted octanol–water partition coefficient (Wildman–Crippen LogP) is 2.77. The van der Waals surface area contributed by atoms with Crippen LogP contribution in [0, 0.1) is 0 Å². The fraction of sp³-hybridized carbons (Fsp3) is 0.778. The van der Waals surface area contributed by atoms with Crippen molar-refractivity contribution in [3.05, 3.63) is 11.6 Å². The Morgan fingerprint density at radius 2 is 2.10 bits per heavy atom. The molecule has 1 heteroatoms. The van der Waals surface area contributed by atoms with Gasteiger partial charge in [0.1, 0.15) is 0 Å². The molecule has 0 aliphatic heterocycles. The topological polar surface area (TPSA) is 9.23 Å². The highest BCUT2D eigenvalue weighted by Crippen LogP contribution is 1.98. The Morgan fingerprint density at radius 3 is 2.60 bits per heavy atom. The van der Waals surface area contributed by atoms with E-state index in [4.69, 9.17) is 4.74 Å². The summed E-state index contributed by atoms with van der Waals surface area (Å²) in [7, 11) is 0. The van der Waals surface area contributed by atoms with Crippen LogP contribution in [0.4, 0.5) is 0 Å². The minimum Gasteiger partial charge on any atom is -0.381 e. The Kier molecular flexibility index (Phi) is 6.61. The van der Waals surface area contributed by atoms with Crippen molar-refractivity contribution < 1.29 is 4.74 Å². The van der Waals surface area contributed by atoms with Gasteiger partial charge in [-0.25, -0.2) is 0 Å². The molecule has 0 aromatic carbocycles. The van der Waals surface area contributed by atoms with E-state index < -0.39 is 0 Å². The number of hydrogen-bond acceptors (Lipinski definition) is 1. The average Bonchev–Trinajstić information content (AvgIpc) is 1.98. The molecule has 0 aliphatic carbocycles. The van der Waals surface area contributed by atoms with E-state index in [-0.39, 0.29) is 0 Å². The number of ether oxygens (including phenoxy) is 1. The van der Waals surface area contributed by atoms with Crippen molar-refractivity contribution in [2.75, 3.05) is 13.2 Å². The Balaban J connectivity index is 3.04. The van der Waals surface area contributed by atoms with Crippen molar-refractivity contribution in [3.63, 3.8) is 0 Å². The maximum absolute atomic E-state index is 5.31. The van der Waals surface area contributed by atoms with E-state index in [9.17, 15) is 0 Å². The smallest absolute Gasteiger partial charge is 0.0503 e. The van der Waals surface area contributed by atoms with Crippen molar-refractivity contribution >= 4 is 0 Å². The van der Waals surface area contributed by atoms with Crippen LogP contribution in [0.15, 0.2) is 11.6 Å². The van der Waals surface area contributed by atoms with Gasteiger partial charge in [-0.3, -0.25) is 0 Å². The second-order valence-corrected chi connectivity index (χ2v) is 2.50. The Hall–Kier alpha value is -0.300. The van der Waals surface area contributed by atoms with Gasteiger partial charge in [0, 0.05) is 6.61 Å². The van der Waals surface area contributed by atoms with E-state index in [0.717, 1.165) is 26.1 Å². The third-order valence-electron chi connectivity index (χ3n) is 1.48. The Bertz CT molecular complexity index is 94.9. The molecule has 0 heterocycles. The summed E-state index contributed by atoms with van der Waals surface area (Å²) in [5.74, 6) is 0. The third-order valence-corrected chi connectivity index (χ3v) is 1.48. The van der Waals surface area contributed by atoms with E-state index in [1.54, 1.807) is 0 Å². The highest BCUT2D eigenvalue weighted by molar-refractivity contribution is 4.94. The lowest BCUT2D eigenvalue weighted by Gasteiger charge is -2.01. The molecule has 0 rings (SSSR count). The molecule has 10 heavy (non-hydrogen) atoms. The number of allylic oxidation sites excluding steroid dienone is 1. The van der Waals surface area contributed by atoms with Gasteiger partial charge in [-0.2, -0.15) is 0 Å². The molecule has 0 aromatic heterocycles.